The maximum Gasteiger partial charge on any atom is 0.395 e. The molecule has 1 heterocycles. The van der Waals surface area contributed by atoms with Crippen molar-refractivity contribution in [3.8, 4) is 0 Å². The molecular weight excluding hydrogens is 451 g/mol. The number of allylic oxidation sites excluding steroid dienone is 4. The fourth-order valence-electron chi connectivity index (χ4n) is 6.61. The molecule has 3 nitrogen and oxygen atoms in total. The van der Waals surface area contributed by atoms with Crippen LogP contribution in [0.2, 0.25) is 0 Å². The average Bonchev–Trinajstić information content (AvgIpc) is 3.50. The second-order valence-corrected chi connectivity index (χ2v) is 11.7. The van der Waals surface area contributed by atoms with Gasteiger partial charge < -0.3 is 10.2 Å². The second kappa shape index (κ2) is 9.19. The third kappa shape index (κ3) is 4.76. The summed E-state index contributed by atoms with van der Waals surface area (Å²) in [6, 6.07) is 0. The Morgan fingerprint density at radius 1 is 1.11 bits per heavy atom. The number of fused-ring (bicyclic) bond motifs is 1. The summed E-state index contributed by atoms with van der Waals surface area (Å²) in [4.78, 5) is 5.16. The fourth-order valence-corrected chi connectivity index (χ4v) is 6.61. The SMILES string of the molecule is CC1(C)Cc2nc(C3CCCC3)c(C(O)C3=CCC(C(F)(F)F)C=C3)c(C3=CCCC3)c2C(O)C1. The maximum absolute atomic E-state index is 13.2. The fraction of sp³-hybridized carbons (Fsp3) is 0.621. The van der Waals surface area contributed by atoms with E-state index >= 15 is 0 Å². The summed E-state index contributed by atoms with van der Waals surface area (Å²) in [5.74, 6) is -1.29. The van der Waals surface area contributed by atoms with Crippen LogP contribution >= 0.6 is 0 Å². The van der Waals surface area contributed by atoms with Gasteiger partial charge in [-0.05, 0) is 73.5 Å². The Bertz CT molecular complexity index is 1080. The third-order valence-electron chi connectivity index (χ3n) is 8.35. The molecule has 2 N–H and O–H groups in total. The summed E-state index contributed by atoms with van der Waals surface area (Å²) in [6.07, 6.45) is 8.64. The van der Waals surface area contributed by atoms with Crippen molar-refractivity contribution in [2.24, 2.45) is 11.3 Å². The summed E-state index contributed by atoms with van der Waals surface area (Å²) >= 11 is 0. The van der Waals surface area contributed by atoms with Crippen LogP contribution in [0.25, 0.3) is 5.57 Å². The number of aliphatic hydroxyl groups excluding tert-OH is 2. The van der Waals surface area contributed by atoms with E-state index in [1.807, 2.05) is 0 Å². The number of rotatable bonds is 4. The molecular formula is C29H36F3NO2. The van der Waals surface area contributed by atoms with Gasteiger partial charge in [0.05, 0.1) is 17.7 Å². The minimum Gasteiger partial charge on any atom is -0.388 e. The van der Waals surface area contributed by atoms with Crippen molar-refractivity contribution in [1.82, 2.24) is 4.98 Å². The highest BCUT2D eigenvalue weighted by atomic mass is 19.4. The van der Waals surface area contributed by atoms with Gasteiger partial charge in [-0.1, -0.05) is 51.0 Å². The molecule has 0 saturated heterocycles. The van der Waals surface area contributed by atoms with Crippen LogP contribution in [0.5, 0.6) is 0 Å². The molecule has 0 aliphatic heterocycles. The standard InChI is InChI=1S/C29H36F3NO2/c1-28(2)15-21-24(22(34)16-28)23(17-7-3-4-8-17)25(26(33-21)18-9-5-6-10-18)27(35)19-11-13-20(14-12-19)29(30,31)32/h7,11-13,18,20,22,27,34-35H,3-6,8-10,14-16H2,1-2H3. The first-order valence-electron chi connectivity index (χ1n) is 13.1. The van der Waals surface area contributed by atoms with E-state index in [0.29, 0.717) is 12.0 Å². The minimum atomic E-state index is -4.29. The lowest BCUT2D eigenvalue weighted by Gasteiger charge is -2.38. The molecule has 190 valence electrons. The van der Waals surface area contributed by atoms with Gasteiger partial charge in [0, 0.05) is 22.7 Å². The van der Waals surface area contributed by atoms with Crippen LogP contribution in [0.4, 0.5) is 13.2 Å². The minimum absolute atomic E-state index is 0.0743. The number of alkyl halides is 3. The van der Waals surface area contributed by atoms with Crippen LogP contribution in [0.1, 0.15) is 118 Å². The van der Waals surface area contributed by atoms with Gasteiger partial charge in [-0.25, -0.2) is 0 Å². The Morgan fingerprint density at radius 2 is 1.86 bits per heavy atom. The van der Waals surface area contributed by atoms with E-state index in [9.17, 15) is 23.4 Å². The number of pyridine rings is 1. The molecule has 6 heteroatoms. The van der Waals surface area contributed by atoms with Gasteiger partial charge in [0.25, 0.3) is 0 Å². The zero-order chi connectivity index (χ0) is 25.0. The number of hydrogen-bond acceptors (Lipinski definition) is 3. The summed E-state index contributed by atoms with van der Waals surface area (Å²) in [5, 5.41) is 23.1. The molecule has 0 spiro atoms. The maximum atomic E-state index is 13.2. The molecule has 3 atom stereocenters. The Balaban J connectivity index is 1.68. The lowest BCUT2D eigenvalue weighted by Crippen LogP contribution is -2.30. The molecule has 5 rings (SSSR count). The lowest BCUT2D eigenvalue weighted by atomic mass is 9.71. The quantitative estimate of drug-likeness (QED) is 0.465. The van der Waals surface area contributed by atoms with Gasteiger partial charge in [-0.3, -0.25) is 4.98 Å². The van der Waals surface area contributed by atoms with Crippen molar-refractivity contribution in [3.05, 3.63) is 58.0 Å². The van der Waals surface area contributed by atoms with Crippen molar-refractivity contribution in [2.75, 3.05) is 0 Å². The first kappa shape index (κ1) is 24.8. The topological polar surface area (TPSA) is 53.4 Å². The van der Waals surface area contributed by atoms with Crippen LogP contribution in [0, 0.1) is 11.3 Å². The number of nitrogens with zero attached hydrogens (tertiary/aromatic N) is 1. The third-order valence-corrected chi connectivity index (χ3v) is 8.35. The molecule has 0 radical (unpaired) electrons. The summed E-state index contributed by atoms with van der Waals surface area (Å²) < 4.78 is 39.7. The Kier molecular flexibility index (Phi) is 6.50. The van der Waals surface area contributed by atoms with Crippen molar-refractivity contribution in [1.29, 1.82) is 0 Å². The molecule has 0 bridgehead atoms. The molecule has 1 fully saturated rings. The van der Waals surface area contributed by atoms with Gasteiger partial charge >= 0.3 is 6.18 Å². The first-order valence-corrected chi connectivity index (χ1v) is 13.1. The van der Waals surface area contributed by atoms with Crippen molar-refractivity contribution in [3.63, 3.8) is 0 Å². The highest BCUT2D eigenvalue weighted by Gasteiger charge is 2.41. The molecule has 3 unspecified atom stereocenters. The average molecular weight is 488 g/mol. The van der Waals surface area contributed by atoms with E-state index in [0.717, 1.165) is 85.0 Å². The number of aliphatic hydroxyl groups is 2. The zero-order valence-corrected chi connectivity index (χ0v) is 20.7. The highest BCUT2D eigenvalue weighted by molar-refractivity contribution is 5.75. The molecule has 0 amide bonds. The van der Waals surface area contributed by atoms with E-state index in [-0.39, 0.29) is 17.8 Å². The monoisotopic (exact) mass is 487 g/mol. The Hall–Kier alpha value is -1.92. The molecule has 4 aliphatic carbocycles. The number of halogens is 3. The zero-order valence-electron chi connectivity index (χ0n) is 20.7. The van der Waals surface area contributed by atoms with Crippen LogP contribution in [-0.2, 0) is 6.42 Å². The van der Waals surface area contributed by atoms with Gasteiger partial charge in [0.1, 0.15) is 6.10 Å². The summed E-state index contributed by atoms with van der Waals surface area (Å²) in [7, 11) is 0. The highest BCUT2D eigenvalue weighted by Crippen LogP contribution is 2.50. The van der Waals surface area contributed by atoms with E-state index in [4.69, 9.17) is 4.98 Å². The van der Waals surface area contributed by atoms with Crippen LogP contribution < -0.4 is 0 Å². The van der Waals surface area contributed by atoms with Crippen molar-refractivity contribution >= 4 is 5.57 Å². The predicted molar refractivity (Wildman–Crippen MR) is 131 cm³/mol. The summed E-state index contributed by atoms with van der Waals surface area (Å²) in [6.45, 7) is 4.31. The smallest absolute Gasteiger partial charge is 0.388 e. The van der Waals surface area contributed by atoms with Crippen LogP contribution in [0.3, 0.4) is 0 Å². The van der Waals surface area contributed by atoms with E-state index in [2.05, 4.69) is 19.9 Å². The van der Waals surface area contributed by atoms with Crippen LogP contribution in [0.15, 0.2) is 29.9 Å². The molecule has 1 saturated carbocycles. The molecule has 4 aliphatic rings. The van der Waals surface area contributed by atoms with Gasteiger partial charge in [-0.2, -0.15) is 13.2 Å². The van der Waals surface area contributed by atoms with Crippen molar-refractivity contribution < 1.29 is 23.4 Å². The first-order chi connectivity index (χ1) is 16.5. The van der Waals surface area contributed by atoms with Crippen LogP contribution in [-0.4, -0.2) is 21.4 Å². The van der Waals surface area contributed by atoms with Crippen molar-refractivity contribution in [2.45, 2.75) is 102 Å². The van der Waals surface area contributed by atoms with Gasteiger partial charge in [0.2, 0.25) is 0 Å². The Labute approximate surface area is 205 Å². The van der Waals surface area contributed by atoms with E-state index < -0.39 is 24.3 Å². The molecule has 1 aromatic heterocycles. The van der Waals surface area contributed by atoms with Gasteiger partial charge in [-0.15, -0.1) is 0 Å². The number of aromatic nitrogens is 1. The normalized spacial score (nSPS) is 27.5. The molecule has 0 aromatic carbocycles. The second-order valence-electron chi connectivity index (χ2n) is 11.7. The Morgan fingerprint density at radius 3 is 2.46 bits per heavy atom. The van der Waals surface area contributed by atoms with E-state index in [1.54, 1.807) is 0 Å². The molecule has 35 heavy (non-hydrogen) atoms. The predicted octanol–water partition coefficient (Wildman–Crippen LogP) is 7.41. The summed E-state index contributed by atoms with van der Waals surface area (Å²) in [5.41, 5.74) is 5.88. The van der Waals surface area contributed by atoms with E-state index in [1.165, 1.54) is 18.2 Å². The lowest BCUT2D eigenvalue weighted by molar-refractivity contribution is -0.160. The number of hydrogen-bond donors (Lipinski definition) is 2. The largest absolute Gasteiger partial charge is 0.395 e. The molecule has 1 aromatic rings. The van der Waals surface area contributed by atoms with Gasteiger partial charge in [0.15, 0.2) is 0 Å².